The summed E-state index contributed by atoms with van der Waals surface area (Å²) in [6, 6.07) is 0.831. The number of nitrogens with one attached hydrogen (secondary N) is 2. The molecule has 2 saturated carbocycles. The van der Waals surface area contributed by atoms with Crippen LogP contribution in [0, 0.1) is 5.92 Å². The van der Waals surface area contributed by atoms with Crippen molar-refractivity contribution in [1.82, 2.24) is 10.6 Å². The summed E-state index contributed by atoms with van der Waals surface area (Å²) in [5, 5.41) is 15.4. The average molecular weight is 441 g/mol. The number of rotatable bonds is 5. The van der Waals surface area contributed by atoms with E-state index in [4.69, 9.17) is 14.6 Å². The number of alkyl carbamates (subject to hydrolysis) is 1. The summed E-state index contributed by atoms with van der Waals surface area (Å²) in [6.45, 7) is 6.26. The van der Waals surface area contributed by atoms with E-state index in [2.05, 4.69) is 10.6 Å². The van der Waals surface area contributed by atoms with Gasteiger partial charge in [-0.05, 0) is 65.2 Å². The Balaban J connectivity index is 0.000000231. The van der Waals surface area contributed by atoms with E-state index in [9.17, 15) is 9.59 Å². The largest absolute Gasteiger partial charge is 0.480 e. The molecule has 0 aromatic rings. The number of ether oxygens (including phenoxy) is 2. The summed E-state index contributed by atoms with van der Waals surface area (Å²) in [4.78, 5) is 22.8. The SMILES string of the molecule is C1CCC(NC2CCCCC2)CC1.CC(C)(C)OC(=O)N[C@@H](C(=O)O)C1CCOCC1. The molecule has 1 aliphatic heterocycles. The Hall–Kier alpha value is -1.34. The summed E-state index contributed by atoms with van der Waals surface area (Å²) in [5.41, 5.74) is -0.636. The standard InChI is InChI=1S/C12H21NO5.C12H23N/c1-12(2,3)18-11(16)13-9(10(14)15)8-4-6-17-7-5-8;1-3-7-11(8-4-1)13-12-9-5-2-6-10-12/h8-9H,4-7H2,1-3H3,(H,13,16)(H,14,15);11-13H,1-10H2/t9-;/m1./s1. The van der Waals surface area contributed by atoms with Crippen molar-refractivity contribution in [2.45, 2.75) is 122 Å². The fourth-order valence-electron chi connectivity index (χ4n) is 4.74. The molecule has 1 atom stereocenters. The van der Waals surface area contributed by atoms with Crippen LogP contribution in [0.3, 0.4) is 0 Å². The van der Waals surface area contributed by atoms with Crippen molar-refractivity contribution in [1.29, 1.82) is 0 Å². The van der Waals surface area contributed by atoms with Crippen molar-refractivity contribution >= 4 is 12.1 Å². The lowest BCUT2D eigenvalue weighted by Crippen LogP contribution is -2.49. The Labute approximate surface area is 188 Å². The molecule has 1 saturated heterocycles. The molecule has 1 amide bonds. The van der Waals surface area contributed by atoms with E-state index in [1.165, 1.54) is 64.2 Å². The Bertz CT molecular complexity index is 515. The third kappa shape index (κ3) is 10.7. The molecular weight excluding hydrogens is 396 g/mol. The van der Waals surface area contributed by atoms with Crippen LogP contribution in [0.1, 0.15) is 97.8 Å². The summed E-state index contributed by atoms with van der Waals surface area (Å²) in [6.07, 6.45) is 15.1. The number of carbonyl (C=O) groups excluding carboxylic acids is 1. The van der Waals surface area contributed by atoms with Gasteiger partial charge in [-0.25, -0.2) is 9.59 Å². The van der Waals surface area contributed by atoms with Gasteiger partial charge in [0.25, 0.3) is 0 Å². The van der Waals surface area contributed by atoms with Crippen molar-refractivity contribution in [3.63, 3.8) is 0 Å². The zero-order chi connectivity index (χ0) is 22.7. The molecule has 0 bridgehead atoms. The minimum Gasteiger partial charge on any atom is -0.480 e. The third-order valence-electron chi connectivity index (χ3n) is 6.36. The molecule has 31 heavy (non-hydrogen) atoms. The van der Waals surface area contributed by atoms with Crippen LogP contribution in [0.15, 0.2) is 0 Å². The topological polar surface area (TPSA) is 96.9 Å². The van der Waals surface area contributed by atoms with Gasteiger partial charge in [-0.15, -0.1) is 0 Å². The van der Waals surface area contributed by atoms with Crippen LogP contribution in [0.2, 0.25) is 0 Å². The lowest BCUT2D eigenvalue weighted by Gasteiger charge is -2.30. The predicted octanol–water partition coefficient (Wildman–Crippen LogP) is 4.63. The number of aliphatic carboxylic acids is 1. The molecule has 180 valence electrons. The highest BCUT2D eigenvalue weighted by Gasteiger charge is 2.32. The zero-order valence-corrected chi connectivity index (χ0v) is 19.8. The van der Waals surface area contributed by atoms with Gasteiger partial charge in [0.15, 0.2) is 0 Å². The normalized spacial score (nSPS) is 22.7. The molecule has 0 aromatic heterocycles. The molecule has 2 aliphatic carbocycles. The van der Waals surface area contributed by atoms with Gasteiger partial charge in [0.1, 0.15) is 11.6 Å². The maximum Gasteiger partial charge on any atom is 0.408 e. The van der Waals surface area contributed by atoms with E-state index in [0.717, 1.165) is 12.1 Å². The van der Waals surface area contributed by atoms with Crippen molar-refractivity contribution in [2.75, 3.05) is 13.2 Å². The van der Waals surface area contributed by atoms with Crippen LogP contribution in [0.4, 0.5) is 4.79 Å². The van der Waals surface area contributed by atoms with Crippen LogP contribution in [0.5, 0.6) is 0 Å². The zero-order valence-electron chi connectivity index (χ0n) is 19.8. The number of carbonyl (C=O) groups is 2. The molecule has 0 unspecified atom stereocenters. The maximum absolute atomic E-state index is 11.6. The van der Waals surface area contributed by atoms with Crippen LogP contribution in [-0.4, -0.2) is 54.1 Å². The second-order valence-electron chi connectivity index (χ2n) is 10.2. The van der Waals surface area contributed by atoms with Crippen molar-refractivity contribution in [2.24, 2.45) is 5.92 Å². The predicted molar refractivity (Wildman–Crippen MR) is 121 cm³/mol. The van der Waals surface area contributed by atoms with E-state index in [0.29, 0.717) is 26.1 Å². The van der Waals surface area contributed by atoms with E-state index >= 15 is 0 Å². The van der Waals surface area contributed by atoms with Gasteiger partial charge in [-0.2, -0.15) is 0 Å². The molecule has 7 heteroatoms. The van der Waals surface area contributed by atoms with Gasteiger partial charge >= 0.3 is 12.1 Å². The number of hydrogen-bond donors (Lipinski definition) is 3. The lowest BCUT2D eigenvalue weighted by atomic mass is 9.91. The highest BCUT2D eigenvalue weighted by Crippen LogP contribution is 2.23. The Morgan fingerprint density at radius 2 is 1.35 bits per heavy atom. The molecule has 3 aliphatic rings. The van der Waals surface area contributed by atoms with Crippen LogP contribution in [-0.2, 0) is 14.3 Å². The maximum atomic E-state index is 11.6. The van der Waals surface area contributed by atoms with Crippen molar-refractivity contribution in [3.8, 4) is 0 Å². The van der Waals surface area contributed by atoms with Gasteiger partial charge < -0.3 is 25.2 Å². The molecule has 0 aromatic carbocycles. The van der Waals surface area contributed by atoms with Crippen LogP contribution < -0.4 is 10.6 Å². The first kappa shape index (κ1) is 25.9. The summed E-state index contributed by atoms with van der Waals surface area (Å²) < 4.78 is 10.2. The molecule has 0 spiro atoms. The number of amides is 1. The molecule has 3 rings (SSSR count). The molecule has 0 radical (unpaired) electrons. The summed E-state index contributed by atoms with van der Waals surface area (Å²) in [7, 11) is 0. The molecular formula is C24H44N2O5. The Morgan fingerprint density at radius 1 is 0.871 bits per heavy atom. The second kappa shape index (κ2) is 13.3. The van der Waals surface area contributed by atoms with Gasteiger partial charge in [0, 0.05) is 25.3 Å². The second-order valence-corrected chi connectivity index (χ2v) is 10.2. The minimum absolute atomic E-state index is 0.108. The van der Waals surface area contributed by atoms with E-state index in [-0.39, 0.29) is 5.92 Å². The number of carboxylic acids is 1. The molecule has 3 fully saturated rings. The Morgan fingerprint density at radius 3 is 1.77 bits per heavy atom. The smallest absolute Gasteiger partial charge is 0.408 e. The third-order valence-corrected chi connectivity index (χ3v) is 6.36. The summed E-state index contributed by atoms with van der Waals surface area (Å²) >= 11 is 0. The molecule has 7 nitrogen and oxygen atoms in total. The number of carboxylic acid groups (broad SMARTS) is 1. The van der Waals surface area contributed by atoms with Crippen molar-refractivity contribution in [3.05, 3.63) is 0 Å². The van der Waals surface area contributed by atoms with Crippen LogP contribution >= 0.6 is 0 Å². The van der Waals surface area contributed by atoms with E-state index in [1.54, 1.807) is 20.8 Å². The molecule has 3 N–H and O–H groups in total. The fraction of sp³-hybridized carbons (Fsp3) is 0.917. The highest BCUT2D eigenvalue weighted by molar-refractivity contribution is 5.80. The van der Waals surface area contributed by atoms with Crippen molar-refractivity contribution < 1.29 is 24.2 Å². The number of hydrogen-bond acceptors (Lipinski definition) is 5. The first-order chi connectivity index (χ1) is 14.7. The van der Waals surface area contributed by atoms with Gasteiger partial charge in [0.2, 0.25) is 0 Å². The van der Waals surface area contributed by atoms with Gasteiger partial charge in [-0.1, -0.05) is 38.5 Å². The van der Waals surface area contributed by atoms with Gasteiger partial charge in [0.05, 0.1) is 0 Å². The first-order valence-corrected chi connectivity index (χ1v) is 12.3. The first-order valence-electron chi connectivity index (χ1n) is 12.3. The monoisotopic (exact) mass is 440 g/mol. The molecule has 1 heterocycles. The quantitative estimate of drug-likeness (QED) is 0.577. The Kier molecular flexibility index (Phi) is 11.1. The fourth-order valence-corrected chi connectivity index (χ4v) is 4.74. The lowest BCUT2D eigenvalue weighted by molar-refractivity contribution is -0.142. The van der Waals surface area contributed by atoms with E-state index < -0.39 is 23.7 Å². The highest BCUT2D eigenvalue weighted by atomic mass is 16.6. The average Bonchev–Trinajstić information content (AvgIpc) is 2.73. The summed E-state index contributed by atoms with van der Waals surface area (Å²) in [5.74, 6) is -1.14. The van der Waals surface area contributed by atoms with Crippen LogP contribution in [0.25, 0.3) is 0 Å². The minimum atomic E-state index is -1.03. The van der Waals surface area contributed by atoms with Gasteiger partial charge in [-0.3, -0.25) is 0 Å². The van der Waals surface area contributed by atoms with E-state index in [1.807, 2.05) is 0 Å².